The Morgan fingerprint density at radius 3 is 2.88 bits per heavy atom. The van der Waals surface area contributed by atoms with Crippen LogP contribution in [0.1, 0.15) is 18.9 Å². The van der Waals surface area contributed by atoms with Gasteiger partial charge in [0.15, 0.2) is 0 Å². The molecule has 0 saturated heterocycles. The minimum Gasteiger partial charge on any atom is -0.361 e. The first-order valence-electron chi connectivity index (χ1n) is 5.85. The SMILES string of the molecule is CC1=CC=c2[nH]cc(CCN(C)C)c2=CC1. The van der Waals surface area contributed by atoms with Gasteiger partial charge < -0.3 is 9.88 Å². The van der Waals surface area contributed by atoms with Gasteiger partial charge in [-0.15, -0.1) is 0 Å². The molecule has 1 heterocycles. The number of likely N-dealkylation sites (N-methyl/N-ethyl adjacent to an activating group) is 1. The fourth-order valence-electron chi connectivity index (χ4n) is 1.98. The summed E-state index contributed by atoms with van der Waals surface area (Å²) >= 11 is 0. The van der Waals surface area contributed by atoms with E-state index in [-0.39, 0.29) is 0 Å². The maximum Gasteiger partial charge on any atom is 0.0453 e. The van der Waals surface area contributed by atoms with E-state index in [2.05, 4.69) is 55.3 Å². The Hall–Kier alpha value is -1.28. The second-order valence-corrected chi connectivity index (χ2v) is 4.78. The van der Waals surface area contributed by atoms with E-state index in [1.165, 1.54) is 21.7 Å². The summed E-state index contributed by atoms with van der Waals surface area (Å²) in [5.74, 6) is 0. The van der Waals surface area contributed by atoms with Crippen LogP contribution in [0.25, 0.3) is 12.2 Å². The van der Waals surface area contributed by atoms with Gasteiger partial charge in [-0.05, 0) is 50.7 Å². The molecule has 0 spiro atoms. The number of nitrogens with one attached hydrogen (secondary N) is 1. The molecule has 0 atom stereocenters. The maximum atomic E-state index is 3.36. The highest BCUT2D eigenvalue weighted by atomic mass is 15.0. The van der Waals surface area contributed by atoms with Crippen molar-refractivity contribution in [3.05, 3.63) is 34.0 Å². The average molecular weight is 216 g/mol. The van der Waals surface area contributed by atoms with Crippen LogP contribution in [-0.2, 0) is 6.42 Å². The summed E-state index contributed by atoms with van der Waals surface area (Å²) in [6.45, 7) is 3.28. The van der Waals surface area contributed by atoms with Crippen molar-refractivity contribution in [3.8, 4) is 0 Å². The van der Waals surface area contributed by atoms with E-state index >= 15 is 0 Å². The van der Waals surface area contributed by atoms with Gasteiger partial charge in [-0.1, -0.05) is 17.7 Å². The van der Waals surface area contributed by atoms with Gasteiger partial charge in [-0.3, -0.25) is 0 Å². The largest absolute Gasteiger partial charge is 0.361 e. The molecule has 0 aliphatic heterocycles. The summed E-state index contributed by atoms with van der Waals surface area (Å²) in [5.41, 5.74) is 2.85. The molecule has 86 valence electrons. The summed E-state index contributed by atoms with van der Waals surface area (Å²) in [5, 5.41) is 2.65. The predicted octanol–water partition coefficient (Wildman–Crippen LogP) is 1.03. The van der Waals surface area contributed by atoms with Crippen molar-refractivity contribution < 1.29 is 0 Å². The molecular weight excluding hydrogens is 196 g/mol. The van der Waals surface area contributed by atoms with Gasteiger partial charge in [0, 0.05) is 18.1 Å². The lowest BCUT2D eigenvalue weighted by Crippen LogP contribution is -2.26. The highest BCUT2D eigenvalue weighted by Crippen LogP contribution is 2.03. The topological polar surface area (TPSA) is 19.0 Å². The van der Waals surface area contributed by atoms with Crippen molar-refractivity contribution >= 4 is 12.2 Å². The number of rotatable bonds is 3. The Morgan fingerprint density at radius 2 is 2.12 bits per heavy atom. The smallest absolute Gasteiger partial charge is 0.0453 e. The lowest BCUT2D eigenvalue weighted by Gasteiger charge is -2.07. The van der Waals surface area contributed by atoms with Crippen molar-refractivity contribution in [3.63, 3.8) is 0 Å². The molecule has 1 aromatic rings. The molecular formula is C14H20N2. The van der Waals surface area contributed by atoms with E-state index in [1.807, 2.05) is 0 Å². The van der Waals surface area contributed by atoms with Crippen molar-refractivity contribution in [2.24, 2.45) is 0 Å². The molecule has 0 aromatic carbocycles. The first-order valence-corrected chi connectivity index (χ1v) is 5.85. The number of fused-ring (bicyclic) bond motifs is 1. The number of hydrogen-bond donors (Lipinski definition) is 1. The van der Waals surface area contributed by atoms with Crippen LogP contribution in [0.4, 0.5) is 0 Å². The molecule has 16 heavy (non-hydrogen) atoms. The number of aromatic nitrogens is 1. The molecule has 2 heteroatoms. The van der Waals surface area contributed by atoms with Crippen molar-refractivity contribution in [2.75, 3.05) is 20.6 Å². The maximum absolute atomic E-state index is 3.36. The minimum absolute atomic E-state index is 1.07. The lowest BCUT2D eigenvalue weighted by atomic mass is 10.1. The van der Waals surface area contributed by atoms with Gasteiger partial charge in [0.05, 0.1) is 0 Å². The zero-order valence-electron chi connectivity index (χ0n) is 10.4. The van der Waals surface area contributed by atoms with E-state index in [0.29, 0.717) is 0 Å². The molecule has 0 fully saturated rings. The summed E-state index contributed by atoms with van der Waals surface area (Å²) in [4.78, 5) is 5.59. The third-order valence-corrected chi connectivity index (χ3v) is 3.03. The highest BCUT2D eigenvalue weighted by Gasteiger charge is 2.02. The fraction of sp³-hybridized carbons (Fsp3) is 0.429. The molecule has 1 aromatic heterocycles. The Kier molecular flexibility index (Phi) is 3.30. The number of aromatic amines is 1. The molecule has 1 aliphatic carbocycles. The molecule has 1 aliphatic rings. The molecule has 0 bridgehead atoms. The number of allylic oxidation sites excluding steroid dienone is 2. The molecule has 2 rings (SSSR count). The van der Waals surface area contributed by atoms with Crippen molar-refractivity contribution in [2.45, 2.75) is 19.8 Å². The first-order chi connectivity index (χ1) is 7.66. The monoisotopic (exact) mass is 216 g/mol. The number of nitrogens with zero attached hydrogens (tertiary/aromatic N) is 1. The van der Waals surface area contributed by atoms with Gasteiger partial charge in [-0.2, -0.15) is 0 Å². The fourth-order valence-corrected chi connectivity index (χ4v) is 1.98. The summed E-state index contributed by atoms with van der Waals surface area (Å²) in [7, 11) is 4.24. The predicted molar refractivity (Wildman–Crippen MR) is 69.6 cm³/mol. The van der Waals surface area contributed by atoms with E-state index in [0.717, 1.165) is 19.4 Å². The molecule has 0 unspecified atom stereocenters. The van der Waals surface area contributed by atoms with Crippen LogP contribution in [0, 0.1) is 0 Å². The second-order valence-electron chi connectivity index (χ2n) is 4.78. The van der Waals surface area contributed by atoms with E-state index < -0.39 is 0 Å². The Balaban J connectivity index is 2.30. The number of H-pyrrole nitrogens is 1. The Labute approximate surface area is 97.0 Å². The van der Waals surface area contributed by atoms with Crippen LogP contribution in [0.5, 0.6) is 0 Å². The average Bonchev–Trinajstić information content (AvgIpc) is 2.53. The summed E-state index contributed by atoms with van der Waals surface area (Å²) in [6, 6.07) is 0. The first kappa shape index (κ1) is 11.2. The minimum atomic E-state index is 1.07. The molecule has 2 nitrogen and oxygen atoms in total. The molecule has 0 radical (unpaired) electrons. The van der Waals surface area contributed by atoms with Crippen molar-refractivity contribution in [1.82, 2.24) is 9.88 Å². The normalized spacial score (nSPS) is 14.9. The number of hydrogen-bond acceptors (Lipinski definition) is 1. The highest BCUT2D eigenvalue weighted by molar-refractivity contribution is 5.47. The lowest BCUT2D eigenvalue weighted by molar-refractivity contribution is 0.413. The third-order valence-electron chi connectivity index (χ3n) is 3.03. The van der Waals surface area contributed by atoms with E-state index in [4.69, 9.17) is 0 Å². The third kappa shape index (κ3) is 2.45. The van der Waals surface area contributed by atoms with Gasteiger partial charge in [0.25, 0.3) is 0 Å². The van der Waals surface area contributed by atoms with Gasteiger partial charge in [0.2, 0.25) is 0 Å². The summed E-state index contributed by atoms with van der Waals surface area (Å²) in [6.07, 6.45) is 11.1. The van der Waals surface area contributed by atoms with Gasteiger partial charge >= 0.3 is 0 Å². The second kappa shape index (κ2) is 4.71. The van der Waals surface area contributed by atoms with E-state index in [9.17, 15) is 0 Å². The molecule has 0 amide bonds. The molecule has 0 saturated carbocycles. The van der Waals surface area contributed by atoms with Crippen LogP contribution in [0.15, 0.2) is 17.8 Å². The summed E-state index contributed by atoms with van der Waals surface area (Å²) < 4.78 is 0. The van der Waals surface area contributed by atoms with Gasteiger partial charge in [0.1, 0.15) is 0 Å². The van der Waals surface area contributed by atoms with E-state index in [1.54, 1.807) is 0 Å². The Morgan fingerprint density at radius 1 is 1.31 bits per heavy atom. The zero-order valence-corrected chi connectivity index (χ0v) is 10.4. The van der Waals surface area contributed by atoms with Gasteiger partial charge in [-0.25, -0.2) is 0 Å². The molecule has 1 N–H and O–H groups in total. The Bertz CT molecular complexity index is 503. The van der Waals surface area contributed by atoms with Crippen LogP contribution in [0.2, 0.25) is 0 Å². The van der Waals surface area contributed by atoms with Crippen LogP contribution >= 0.6 is 0 Å². The standard InChI is InChI=1S/C14H20N2/c1-11-4-6-13-12(8-9-16(2)3)10-15-14(13)7-5-11/h5-7,10,15H,4,8-9H2,1-3H3. The van der Waals surface area contributed by atoms with Crippen LogP contribution < -0.4 is 10.6 Å². The van der Waals surface area contributed by atoms with Crippen LogP contribution in [0.3, 0.4) is 0 Å². The zero-order chi connectivity index (χ0) is 11.5. The quantitative estimate of drug-likeness (QED) is 0.799. The van der Waals surface area contributed by atoms with Crippen molar-refractivity contribution in [1.29, 1.82) is 0 Å². The van der Waals surface area contributed by atoms with Crippen LogP contribution in [-0.4, -0.2) is 30.5 Å².